The zero-order valence-electron chi connectivity index (χ0n) is 20.7. The van der Waals surface area contributed by atoms with E-state index in [1.807, 2.05) is 6.92 Å². The Bertz CT molecular complexity index is 961. The molecule has 5 aliphatic rings. The lowest BCUT2D eigenvalue weighted by atomic mass is 9.48. The molecule has 0 bridgehead atoms. The summed E-state index contributed by atoms with van der Waals surface area (Å²) >= 11 is 1.73. The molecule has 0 amide bonds. The molecular weight excluding hydrogens is 432 g/mol. The first-order valence-corrected chi connectivity index (χ1v) is 13.7. The van der Waals surface area contributed by atoms with Gasteiger partial charge in [0.1, 0.15) is 6.10 Å². The van der Waals surface area contributed by atoms with Gasteiger partial charge in [-0.25, -0.2) is 4.79 Å². The van der Waals surface area contributed by atoms with Gasteiger partial charge in [-0.05, 0) is 96.8 Å². The third-order valence-corrected chi connectivity index (χ3v) is 10.8. The molecule has 7 atom stereocenters. The van der Waals surface area contributed by atoms with Crippen LogP contribution in [0, 0.1) is 34.5 Å². The third kappa shape index (κ3) is 3.56. The zero-order valence-corrected chi connectivity index (χ0v) is 21.6. The number of carbonyl (C=O) groups is 2. The number of carbonyl (C=O) groups excluding carboxylic acids is 2. The van der Waals surface area contributed by atoms with Crippen LogP contribution < -0.4 is 0 Å². The molecule has 0 aromatic carbocycles. The molecule has 1 aliphatic heterocycles. The van der Waals surface area contributed by atoms with Gasteiger partial charge in [0.25, 0.3) is 0 Å². The Kier molecular flexibility index (Phi) is 5.86. The van der Waals surface area contributed by atoms with Crippen LogP contribution >= 0.6 is 11.8 Å². The van der Waals surface area contributed by atoms with Gasteiger partial charge in [0, 0.05) is 19.3 Å². The molecule has 1 heterocycles. The van der Waals surface area contributed by atoms with Crippen molar-refractivity contribution in [1.29, 1.82) is 0 Å². The lowest BCUT2D eigenvalue weighted by Gasteiger charge is -2.57. The van der Waals surface area contributed by atoms with E-state index >= 15 is 0 Å². The van der Waals surface area contributed by atoms with E-state index < -0.39 is 0 Å². The van der Waals surface area contributed by atoms with Gasteiger partial charge >= 0.3 is 11.9 Å². The molecule has 4 nitrogen and oxygen atoms in total. The molecule has 4 aliphatic carbocycles. The Labute approximate surface area is 202 Å². The van der Waals surface area contributed by atoms with Crippen LogP contribution in [0.25, 0.3) is 0 Å². The van der Waals surface area contributed by atoms with Gasteiger partial charge in [0.05, 0.1) is 12.2 Å². The molecule has 180 valence electrons. The first-order chi connectivity index (χ1) is 15.7. The molecule has 33 heavy (non-hydrogen) atoms. The quantitative estimate of drug-likeness (QED) is 0.345. The van der Waals surface area contributed by atoms with Crippen LogP contribution in [0.3, 0.4) is 0 Å². The second kappa shape index (κ2) is 8.32. The van der Waals surface area contributed by atoms with Gasteiger partial charge in [-0.1, -0.05) is 25.5 Å². The zero-order chi connectivity index (χ0) is 23.5. The van der Waals surface area contributed by atoms with Crippen molar-refractivity contribution >= 4 is 23.7 Å². The molecule has 0 N–H and O–H groups in total. The van der Waals surface area contributed by atoms with Crippen molar-refractivity contribution in [3.05, 3.63) is 33.1 Å². The van der Waals surface area contributed by atoms with E-state index in [4.69, 9.17) is 9.47 Å². The van der Waals surface area contributed by atoms with Gasteiger partial charge in [-0.3, -0.25) is 4.79 Å². The molecule has 5 heteroatoms. The summed E-state index contributed by atoms with van der Waals surface area (Å²) in [6.45, 7) is 11.1. The molecule has 0 unspecified atom stereocenters. The number of esters is 2. The average molecular weight is 471 g/mol. The molecule has 3 saturated carbocycles. The van der Waals surface area contributed by atoms with Crippen molar-refractivity contribution in [2.75, 3.05) is 6.61 Å². The van der Waals surface area contributed by atoms with Crippen molar-refractivity contribution in [1.82, 2.24) is 0 Å². The van der Waals surface area contributed by atoms with Crippen LogP contribution in [0.1, 0.15) is 79.6 Å². The summed E-state index contributed by atoms with van der Waals surface area (Å²) in [5, 5.41) is 2.07. The highest BCUT2D eigenvalue weighted by Crippen LogP contribution is 2.69. The van der Waals surface area contributed by atoms with Crippen LogP contribution in [-0.4, -0.2) is 24.6 Å². The van der Waals surface area contributed by atoms with E-state index in [-0.39, 0.29) is 34.8 Å². The van der Waals surface area contributed by atoms with Gasteiger partial charge < -0.3 is 9.47 Å². The molecule has 0 radical (unpaired) electrons. The summed E-state index contributed by atoms with van der Waals surface area (Å²) in [7, 11) is 0. The van der Waals surface area contributed by atoms with Crippen molar-refractivity contribution in [2.45, 2.75) is 85.7 Å². The maximum absolute atomic E-state index is 12.8. The van der Waals surface area contributed by atoms with E-state index in [2.05, 4.69) is 32.3 Å². The van der Waals surface area contributed by atoms with E-state index in [0.29, 0.717) is 24.4 Å². The standard InChI is InChI=1S/C28H38O4S/c1-6-31-26(30)22-15-33-16(2)25-21(22)14-24-20-8-7-18-13-19(32-17(3)29)9-11-27(18,4)23(20)10-12-28(24,25)5/h7,15,19-21,23-24H,6,8-14H2,1-5H3/t19-,20+,21-,23-,24-,27-,28-/m0/s1. The first-order valence-electron chi connectivity index (χ1n) is 12.8. The number of thioether (sulfide) groups is 1. The Morgan fingerprint density at radius 1 is 1.15 bits per heavy atom. The number of fused-ring (bicyclic) bond motifs is 7. The second-order valence-corrected chi connectivity index (χ2v) is 12.4. The monoisotopic (exact) mass is 470 g/mol. The maximum Gasteiger partial charge on any atom is 0.335 e. The Balaban J connectivity index is 1.45. The summed E-state index contributed by atoms with van der Waals surface area (Å²) in [5.41, 5.74) is 4.33. The number of rotatable bonds is 3. The Hall–Kier alpha value is -1.49. The smallest absolute Gasteiger partial charge is 0.335 e. The number of hydrogen-bond acceptors (Lipinski definition) is 5. The van der Waals surface area contributed by atoms with E-state index in [0.717, 1.165) is 37.7 Å². The van der Waals surface area contributed by atoms with Gasteiger partial charge in [-0.2, -0.15) is 0 Å². The van der Waals surface area contributed by atoms with Crippen molar-refractivity contribution in [3.8, 4) is 0 Å². The Morgan fingerprint density at radius 3 is 2.64 bits per heavy atom. The fourth-order valence-corrected chi connectivity index (χ4v) is 9.52. The number of ether oxygens (including phenoxy) is 2. The van der Waals surface area contributed by atoms with Gasteiger partial charge in [0.2, 0.25) is 0 Å². The summed E-state index contributed by atoms with van der Waals surface area (Å²) in [6.07, 6.45) is 10.2. The first kappa shape index (κ1) is 23.3. The fraction of sp³-hybridized carbons (Fsp3) is 0.714. The van der Waals surface area contributed by atoms with Crippen molar-refractivity contribution in [2.24, 2.45) is 34.5 Å². The molecule has 0 saturated heterocycles. The number of allylic oxidation sites excluding steroid dienone is 3. The molecule has 3 fully saturated rings. The third-order valence-electron chi connectivity index (χ3n) is 9.86. The molecular formula is C28H38O4S. The summed E-state index contributed by atoms with van der Waals surface area (Å²) in [4.78, 5) is 25.7. The summed E-state index contributed by atoms with van der Waals surface area (Å²) in [5.74, 6) is 1.87. The Morgan fingerprint density at radius 2 is 1.91 bits per heavy atom. The lowest BCUT2D eigenvalue weighted by Crippen LogP contribution is -2.49. The predicted molar refractivity (Wildman–Crippen MR) is 131 cm³/mol. The van der Waals surface area contributed by atoms with Gasteiger partial charge in [-0.15, -0.1) is 11.8 Å². The maximum atomic E-state index is 12.8. The normalized spacial score (nSPS) is 41.7. The number of hydrogen-bond donors (Lipinski definition) is 0. The van der Waals surface area contributed by atoms with Crippen LogP contribution in [0.4, 0.5) is 0 Å². The SMILES string of the molecule is CCOC(=O)C1=CSC(C)=C2[C@H]1C[C@H]1[C@@H]3CC=C4C[C@@H](OC(C)=O)CC[C@]4(C)[C@H]3CC[C@]21C. The topological polar surface area (TPSA) is 52.6 Å². The summed E-state index contributed by atoms with van der Waals surface area (Å²) < 4.78 is 11.1. The van der Waals surface area contributed by atoms with Crippen LogP contribution in [-0.2, 0) is 19.1 Å². The minimum atomic E-state index is -0.160. The lowest BCUT2D eigenvalue weighted by molar-refractivity contribution is -0.148. The minimum absolute atomic E-state index is 0.0451. The predicted octanol–water partition coefficient (Wildman–Crippen LogP) is 6.57. The highest BCUT2D eigenvalue weighted by atomic mass is 32.2. The second-order valence-electron chi connectivity index (χ2n) is 11.4. The summed E-state index contributed by atoms with van der Waals surface area (Å²) in [6, 6.07) is 0. The highest BCUT2D eigenvalue weighted by Gasteiger charge is 2.61. The van der Waals surface area contributed by atoms with Crippen LogP contribution in [0.2, 0.25) is 0 Å². The average Bonchev–Trinajstić information content (AvgIpc) is 3.08. The van der Waals surface area contributed by atoms with Crippen molar-refractivity contribution < 1.29 is 19.1 Å². The minimum Gasteiger partial charge on any atom is -0.463 e. The van der Waals surface area contributed by atoms with Gasteiger partial charge in [0.15, 0.2) is 0 Å². The van der Waals surface area contributed by atoms with E-state index in [1.165, 1.54) is 35.8 Å². The van der Waals surface area contributed by atoms with E-state index in [9.17, 15) is 9.59 Å². The van der Waals surface area contributed by atoms with Crippen LogP contribution in [0.15, 0.2) is 33.1 Å². The molecule has 5 rings (SSSR count). The highest BCUT2D eigenvalue weighted by molar-refractivity contribution is 8.05. The fourth-order valence-electron chi connectivity index (χ4n) is 8.45. The van der Waals surface area contributed by atoms with E-state index in [1.54, 1.807) is 11.8 Å². The van der Waals surface area contributed by atoms with Crippen LogP contribution in [0.5, 0.6) is 0 Å². The van der Waals surface area contributed by atoms with Crippen molar-refractivity contribution in [3.63, 3.8) is 0 Å². The molecule has 0 aromatic heterocycles. The molecule has 0 spiro atoms. The molecule has 0 aromatic rings. The largest absolute Gasteiger partial charge is 0.463 e.